The van der Waals surface area contributed by atoms with E-state index < -0.39 is 0 Å². The molecule has 1 saturated carbocycles. The Hall–Kier alpha value is -0.0800. The molecule has 0 radical (unpaired) electrons. The molecule has 0 spiro atoms. The molecule has 2 nitrogen and oxygen atoms in total. The summed E-state index contributed by atoms with van der Waals surface area (Å²) in [5, 5.41) is 0. The Balaban J connectivity index is 1.97. The molecule has 1 saturated heterocycles. The molecule has 20 heavy (non-hydrogen) atoms. The molecule has 0 bridgehead atoms. The van der Waals surface area contributed by atoms with Crippen molar-refractivity contribution in [2.24, 2.45) is 23.0 Å². The van der Waals surface area contributed by atoms with E-state index in [0.29, 0.717) is 17.0 Å². The number of nitrogens with two attached hydrogens (primary N) is 1. The van der Waals surface area contributed by atoms with Crippen LogP contribution in [0, 0.1) is 17.3 Å². The Bertz CT molecular complexity index is 308. The van der Waals surface area contributed by atoms with Gasteiger partial charge in [-0.3, -0.25) is 4.90 Å². The monoisotopic (exact) mass is 280 g/mol. The molecule has 2 rings (SSSR count). The second-order valence-electron chi connectivity index (χ2n) is 8.89. The van der Waals surface area contributed by atoms with E-state index in [2.05, 4.69) is 39.5 Å². The van der Waals surface area contributed by atoms with Gasteiger partial charge in [0, 0.05) is 18.1 Å². The van der Waals surface area contributed by atoms with Crippen LogP contribution in [-0.4, -0.2) is 29.6 Å². The summed E-state index contributed by atoms with van der Waals surface area (Å²) in [6.07, 6.45) is 8.26. The van der Waals surface area contributed by atoms with Gasteiger partial charge >= 0.3 is 0 Å². The highest BCUT2D eigenvalue weighted by atomic mass is 15.2. The number of hydrogen-bond donors (Lipinski definition) is 1. The Morgan fingerprint density at radius 2 is 1.75 bits per heavy atom. The normalized spacial score (nSPS) is 33.3. The third kappa shape index (κ3) is 3.39. The second-order valence-corrected chi connectivity index (χ2v) is 8.89. The number of hydrogen-bond acceptors (Lipinski definition) is 2. The zero-order chi connectivity index (χ0) is 15.0. The molecule has 2 heteroatoms. The minimum Gasteiger partial charge on any atom is -0.329 e. The molecule has 1 atom stereocenters. The summed E-state index contributed by atoms with van der Waals surface area (Å²) >= 11 is 0. The molecule has 0 aromatic heterocycles. The third-order valence-electron chi connectivity index (χ3n) is 6.15. The Morgan fingerprint density at radius 3 is 2.15 bits per heavy atom. The first kappa shape index (κ1) is 16.3. The van der Waals surface area contributed by atoms with Gasteiger partial charge in [-0.15, -0.1) is 0 Å². The summed E-state index contributed by atoms with van der Waals surface area (Å²) in [6, 6.07) is 0.619. The average molecular weight is 280 g/mol. The molecule has 2 aliphatic rings. The van der Waals surface area contributed by atoms with Gasteiger partial charge in [0.15, 0.2) is 0 Å². The first-order valence-corrected chi connectivity index (χ1v) is 8.72. The molecular formula is C18H36N2. The van der Waals surface area contributed by atoms with Crippen molar-refractivity contribution in [2.75, 3.05) is 13.1 Å². The summed E-state index contributed by atoms with van der Waals surface area (Å²) < 4.78 is 0. The highest BCUT2D eigenvalue weighted by Crippen LogP contribution is 2.43. The van der Waals surface area contributed by atoms with Gasteiger partial charge in [-0.25, -0.2) is 0 Å². The minimum atomic E-state index is 0.366. The van der Waals surface area contributed by atoms with Gasteiger partial charge in [0.1, 0.15) is 0 Å². The van der Waals surface area contributed by atoms with E-state index in [4.69, 9.17) is 5.73 Å². The fourth-order valence-electron chi connectivity index (χ4n) is 4.69. The number of likely N-dealkylation sites (tertiary alicyclic amines) is 1. The fourth-order valence-corrected chi connectivity index (χ4v) is 4.69. The van der Waals surface area contributed by atoms with Gasteiger partial charge in [-0.2, -0.15) is 0 Å². The third-order valence-corrected chi connectivity index (χ3v) is 6.15. The maximum absolute atomic E-state index is 6.18. The highest BCUT2D eigenvalue weighted by molar-refractivity contribution is 4.96. The van der Waals surface area contributed by atoms with Crippen LogP contribution in [0.15, 0.2) is 0 Å². The number of nitrogens with zero attached hydrogens (tertiary/aromatic N) is 1. The lowest BCUT2D eigenvalue weighted by atomic mass is 9.68. The summed E-state index contributed by atoms with van der Waals surface area (Å²) in [5.74, 6) is 1.74. The van der Waals surface area contributed by atoms with Crippen LogP contribution in [0.25, 0.3) is 0 Å². The van der Waals surface area contributed by atoms with Crippen molar-refractivity contribution in [1.29, 1.82) is 0 Å². The van der Waals surface area contributed by atoms with Crippen LogP contribution in [0.1, 0.15) is 73.1 Å². The molecule has 1 unspecified atom stereocenters. The molecule has 2 N–H and O–H groups in total. The maximum atomic E-state index is 6.18. The molecule has 2 fully saturated rings. The van der Waals surface area contributed by atoms with Crippen molar-refractivity contribution in [3.05, 3.63) is 0 Å². The van der Waals surface area contributed by atoms with Crippen LogP contribution in [-0.2, 0) is 0 Å². The van der Waals surface area contributed by atoms with Gasteiger partial charge in [-0.05, 0) is 76.2 Å². The second kappa shape index (κ2) is 5.96. The molecule has 1 aliphatic heterocycles. The van der Waals surface area contributed by atoms with E-state index in [1.54, 1.807) is 0 Å². The van der Waals surface area contributed by atoms with Crippen molar-refractivity contribution >= 4 is 0 Å². The predicted molar refractivity (Wildman–Crippen MR) is 87.8 cm³/mol. The molecular weight excluding hydrogens is 244 g/mol. The predicted octanol–water partition coefficient (Wildman–Crippen LogP) is 4.04. The summed E-state index contributed by atoms with van der Waals surface area (Å²) in [6.45, 7) is 14.1. The van der Waals surface area contributed by atoms with Gasteiger partial charge in [-0.1, -0.05) is 20.8 Å². The lowest BCUT2D eigenvalue weighted by molar-refractivity contribution is 0.0465. The lowest BCUT2D eigenvalue weighted by Gasteiger charge is -2.45. The topological polar surface area (TPSA) is 29.3 Å². The van der Waals surface area contributed by atoms with E-state index in [9.17, 15) is 0 Å². The van der Waals surface area contributed by atoms with E-state index in [-0.39, 0.29) is 0 Å². The largest absolute Gasteiger partial charge is 0.329 e. The highest BCUT2D eigenvalue weighted by Gasteiger charge is 2.41. The Morgan fingerprint density at radius 1 is 1.15 bits per heavy atom. The van der Waals surface area contributed by atoms with E-state index in [0.717, 1.165) is 18.4 Å². The van der Waals surface area contributed by atoms with Crippen LogP contribution >= 0.6 is 0 Å². The average Bonchev–Trinajstić information content (AvgIpc) is 2.70. The van der Waals surface area contributed by atoms with E-state index in [1.807, 2.05) is 0 Å². The van der Waals surface area contributed by atoms with Crippen LogP contribution in [0.4, 0.5) is 0 Å². The van der Waals surface area contributed by atoms with Gasteiger partial charge in [0.25, 0.3) is 0 Å². The number of rotatable bonds is 3. The zero-order valence-corrected chi connectivity index (χ0v) is 14.4. The van der Waals surface area contributed by atoms with Crippen LogP contribution in [0.2, 0.25) is 0 Å². The lowest BCUT2D eigenvalue weighted by Crippen LogP contribution is -2.53. The molecule has 0 amide bonds. The van der Waals surface area contributed by atoms with E-state index in [1.165, 1.54) is 45.1 Å². The van der Waals surface area contributed by atoms with Crippen molar-refractivity contribution < 1.29 is 0 Å². The minimum absolute atomic E-state index is 0.366. The SMILES string of the molecule is CC(C)(C)C1CCC(C(CN)N2CCCC2(C)C)CC1. The molecule has 1 aliphatic carbocycles. The fraction of sp³-hybridized carbons (Fsp3) is 1.00. The van der Waals surface area contributed by atoms with Crippen molar-refractivity contribution in [1.82, 2.24) is 4.90 Å². The molecule has 1 heterocycles. The molecule has 118 valence electrons. The van der Waals surface area contributed by atoms with Crippen molar-refractivity contribution in [3.8, 4) is 0 Å². The summed E-state index contributed by atoms with van der Waals surface area (Å²) in [4.78, 5) is 2.73. The maximum Gasteiger partial charge on any atom is 0.0251 e. The van der Waals surface area contributed by atoms with Gasteiger partial charge < -0.3 is 5.73 Å². The first-order chi connectivity index (χ1) is 9.25. The standard InChI is InChI=1S/C18H36N2/c1-17(2,3)15-9-7-14(8-10-15)16(13-19)20-12-6-11-18(20,4)5/h14-16H,6-13,19H2,1-5H3. The Labute approximate surface area is 126 Å². The van der Waals surface area contributed by atoms with E-state index >= 15 is 0 Å². The Kier molecular flexibility index (Phi) is 4.86. The van der Waals surface area contributed by atoms with Gasteiger partial charge in [0.2, 0.25) is 0 Å². The summed E-state index contributed by atoms with van der Waals surface area (Å²) in [5.41, 5.74) is 7.03. The van der Waals surface area contributed by atoms with Crippen LogP contribution < -0.4 is 5.73 Å². The van der Waals surface area contributed by atoms with Crippen LogP contribution in [0.5, 0.6) is 0 Å². The first-order valence-electron chi connectivity index (χ1n) is 8.72. The van der Waals surface area contributed by atoms with Crippen molar-refractivity contribution in [3.63, 3.8) is 0 Å². The molecule has 0 aromatic carbocycles. The zero-order valence-electron chi connectivity index (χ0n) is 14.4. The van der Waals surface area contributed by atoms with Gasteiger partial charge in [0.05, 0.1) is 0 Å². The van der Waals surface area contributed by atoms with Crippen molar-refractivity contribution in [2.45, 2.75) is 84.7 Å². The summed E-state index contributed by atoms with van der Waals surface area (Å²) in [7, 11) is 0. The smallest absolute Gasteiger partial charge is 0.0251 e. The quantitative estimate of drug-likeness (QED) is 0.845. The van der Waals surface area contributed by atoms with Crippen LogP contribution in [0.3, 0.4) is 0 Å². The molecule has 0 aromatic rings.